The lowest BCUT2D eigenvalue weighted by Gasteiger charge is -2.31. The lowest BCUT2D eigenvalue weighted by Crippen LogP contribution is -2.51. The van der Waals surface area contributed by atoms with Gasteiger partial charge in [0.2, 0.25) is 29.9 Å². The number of primary amides is 1. The number of carboxylic acid groups (broad SMARTS) is 1. The molecule has 0 spiro atoms. The van der Waals surface area contributed by atoms with Crippen molar-refractivity contribution in [1.82, 2.24) is 20.9 Å². The Morgan fingerprint density at radius 2 is 1.64 bits per heavy atom. The molecule has 1 aliphatic heterocycles. The number of carbonyl (C=O) groups is 8. The number of carboxylic acids is 1. The summed E-state index contributed by atoms with van der Waals surface area (Å²) < 4.78 is 16.3. The van der Waals surface area contributed by atoms with Crippen molar-refractivity contribution in [3.8, 4) is 5.75 Å². The molecule has 0 saturated carbocycles. The van der Waals surface area contributed by atoms with E-state index >= 15 is 0 Å². The third kappa shape index (κ3) is 21.9. The van der Waals surface area contributed by atoms with Crippen LogP contribution in [-0.2, 0) is 49.6 Å². The van der Waals surface area contributed by atoms with Gasteiger partial charge < -0.3 is 56.3 Å². The van der Waals surface area contributed by atoms with Crippen LogP contribution >= 0.6 is 0 Å². The monoisotopic (exact) mass is 824 g/mol. The van der Waals surface area contributed by atoms with Crippen LogP contribution in [0.5, 0.6) is 5.75 Å². The second-order valence-corrected chi connectivity index (χ2v) is 13.8. The normalized spacial score (nSPS) is 16.2. The van der Waals surface area contributed by atoms with E-state index in [9.17, 15) is 48.6 Å². The van der Waals surface area contributed by atoms with Gasteiger partial charge in [0.05, 0.1) is 24.9 Å². The Morgan fingerprint density at radius 1 is 0.983 bits per heavy atom. The van der Waals surface area contributed by atoms with Crippen LogP contribution in [0.2, 0.25) is 0 Å². The largest absolute Gasteiger partial charge is 0.479 e. The summed E-state index contributed by atoms with van der Waals surface area (Å²) in [5.41, 5.74) is 5.34. The molecule has 58 heavy (non-hydrogen) atoms. The van der Waals surface area contributed by atoms with Gasteiger partial charge in [-0.2, -0.15) is 0 Å². The van der Waals surface area contributed by atoms with E-state index < -0.39 is 66.8 Å². The summed E-state index contributed by atoms with van der Waals surface area (Å²) >= 11 is 0. The number of aliphatic hydroxyl groups excluding tert-OH is 1. The Labute approximate surface area is 340 Å². The van der Waals surface area contributed by atoms with Gasteiger partial charge in [0.25, 0.3) is 0 Å². The van der Waals surface area contributed by atoms with Gasteiger partial charge >= 0.3 is 18.0 Å². The number of likely N-dealkylation sites (N-methyl/N-ethyl adjacent to an activating group) is 1. The third-order valence-corrected chi connectivity index (χ3v) is 8.06. The van der Waals surface area contributed by atoms with E-state index in [0.717, 1.165) is 6.42 Å². The van der Waals surface area contributed by atoms with Crippen LogP contribution in [-0.4, -0.2) is 114 Å². The number of nitrogens with zero attached hydrogens (tertiary/aromatic N) is 1. The Balaban J connectivity index is 0.00000324. The van der Waals surface area contributed by atoms with Gasteiger partial charge in [0, 0.05) is 52.1 Å². The molecule has 6 amide bonds. The molecule has 4 unspecified atom stereocenters. The van der Waals surface area contributed by atoms with Gasteiger partial charge in [-0.05, 0) is 36.5 Å². The number of nitrogens with two attached hydrogens (primary N) is 1. The van der Waals surface area contributed by atoms with E-state index in [4.69, 9.17) is 19.9 Å². The molecule has 1 aromatic carbocycles. The van der Waals surface area contributed by atoms with E-state index in [1.807, 2.05) is 20.8 Å². The van der Waals surface area contributed by atoms with Crippen LogP contribution in [0.4, 0.5) is 10.5 Å². The quantitative estimate of drug-likeness (QED) is 0.0931. The minimum atomic E-state index is -1.31. The van der Waals surface area contributed by atoms with Gasteiger partial charge in [0.1, 0.15) is 18.4 Å². The van der Waals surface area contributed by atoms with Crippen molar-refractivity contribution < 1.29 is 62.8 Å². The highest BCUT2D eigenvalue weighted by molar-refractivity contribution is 5.97. The van der Waals surface area contributed by atoms with Crippen molar-refractivity contribution >= 4 is 53.1 Å². The summed E-state index contributed by atoms with van der Waals surface area (Å²) in [6.45, 7) is 14.2. The van der Waals surface area contributed by atoms with Crippen LogP contribution in [0.25, 0.3) is 0 Å². The fourth-order valence-corrected chi connectivity index (χ4v) is 4.87. The van der Waals surface area contributed by atoms with Crippen molar-refractivity contribution in [1.29, 1.82) is 0 Å². The molecule has 19 nitrogen and oxygen atoms in total. The number of anilines is 1. The summed E-state index contributed by atoms with van der Waals surface area (Å²) in [6, 6.07) is 3.06. The number of nitrogens with one attached hydrogen (secondary N) is 4. The van der Waals surface area contributed by atoms with Crippen LogP contribution in [0, 0.1) is 11.8 Å². The first-order valence-electron chi connectivity index (χ1n) is 19.4. The van der Waals surface area contributed by atoms with Crippen molar-refractivity contribution in [2.45, 2.75) is 125 Å². The Hall–Kier alpha value is -5.30. The second kappa shape index (κ2) is 28.2. The van der Waals surface area contributed by atoms with Gasteiger partial charge in [-0.3, -0.25) is 28.8 Å². The Kier molecular flexibility index (Phi) is 25.6. The molecule has 0 bridgehead atoms. The van der Waals surface area contributed by atoms with Gasteiger partial charge in [0.15, 0.2) is 11.9 Å². The van der Waals surface area contributed by atoms with Crippen LogP contribution < -0.4 is 31.7 Å². The predicted molar refractivity (Wildman–Crippen MR) is 213 cm³/mol. The summed E-state index contributed by atoms with van der Waals surface area (Å²) in [4.78, 5) is 96.6. The number of amides is 6. The standard InChI is InChI=1S/C33H48N4O12.C4H10N2O.C2H6/c1-18(2)24(40)16-37(6)29(43)9-7-8-27(41)36-31(19(3)4)32(44)34-15-28(42)35-23-11-10-21(17-47-20(5)38)12-25(23)48-30-14-22(39)13-26(49-30)33(45)46;1-2-3-6-4(5)7;1-2/h10-12,18-19,22,26,30-31,39H,7-9,13-17H2,1-6H3,(H,34,44)(H,35,42)(H,36,41)(H,45,46);2-3H2,1H3,(H3,5,6,7);1-2H3. The first kappa shape index (κ1) is 52.7. The number of rotatable bonds is 20. The zero-order chi connectivity index (χ0) is 44.5. The van der Waals surface area contributed by atoms with E-state index in [1.54, 1.807) is 33.8 Å². The molecule has 0 radical (unpaired) electrons. The number of aliphatic hydroxyl groups is 1. The van der Waals surface area contributed by atoms with E-state index in [1.165, 1.54) is 31.0 Å². The van der Waals surface area contributed by atoms with Crippen molar-refractivity contribution in [3.05, 3.63) is 23.8 Å². The molecule has 328 valence electrons. The van der Waals surface area contributed by atoms with Gasteiger partial charge in [-0.25, -0.2) is 9.59 Å². The number of ketones is 1. The molecule has 1 saturated heterocycles. The number of aliphatic carboxylic acids is 1. The number of esters is 1. The lowest BCUT2D eigenvalue weighted by atomic mass is 10.0. The first-order chi connectivity index (χ1) is 27.2. The zero-order valence-electron chi connectivity index (χ0n) is 35.2. The van der Waals surface area contributed by atoms with E-state index in [2.05, 4.69) is 21.3 Å². The number of carbonyl (C=O) groups excluding carboxylic acids is 7. The minimum Gasteiger partial charge on any atom is -0.479 e. The maximum atomic E-state index is 13.0. The highest BCUT2D eigenvalue weighted by atomic mass is 16.7. The number of ether oxygens (including phenoxy) is 3. The molecule has 4 atom stereocenters. The smallest absolute Gasteiger partial charge is 0.333 e. The number of hydrogen-bond acceptors (Lipinski definition) is 12. The molecular formula is C39H64N6O13. The molecule has 0 aromatic heterocycles. The summed E-state index contributed by atoms with van der Waals surface area (Å²) in [5, 5.41) is 29.6. The summed E-state index contributed by atoms with van der Waals surface area (Å²) in [5.74, 6) is -4.37. The SMILES string of the molecule is CC.CC(=O)OCc1ccc(NC(=O)CNC(=O)C(NC(=O)CCCC(=O)N(C)CC(=O)C(C)C)C(C)C)c(OC2CC(O)CC(C(=O)O)O2)c1.CCCNC(N)=O. The summed E-state index contributed by atoms with van der Waals surface area (Å²) in [7, 11) is 1.53. The average Bonchev–Trinajstić information content (AvgIpc) is 3.15. The van der Waals surface area contributed by atoms with Crippen molar-refractivity contribution in [2.75, 3.05) is 32.0 Å². The van der Waals surface area contributed by atoms with Gasteiger partial charge in [-0.15, -0.1) is 0 Å². The highest BCUT2D eigenvalue weighted by Gasteiger charge is 2.34. The minimum absolute atomic E-state index is 0.00607. The van der Waals surface area contributed by atoms with Crippen molar-refractivity contribution in [3.63, 3.8) is 0 Å². The molecule has 8 N–H and O–H groups in total. The molecule has 19 heteroatoms. The lowest BCUT2D eigenvalue weighted by molar-refractivity contribution is -0.195. The fraction of sp³-hybridized carbons (Fsp3) is 0.641. The predicted octanol–water partition coefficient (Wildman–Crippen LogP) is 2.22. The molecule has 2 rings (SSSR count). The molecule has 1 aliphatic rings. The van der Waals surface area contributed by atoms with Crippen molar-refractivity contribution in [2.24, 2.45) is 17.6 Å². The molecular weight excluding hydrogens is 760 g/mol. The second-order valence-electron chi connectivity index (χ2n) is 13.8. The highest BCUT2D eigenvalue weighted by Crippen LogP contribution is 2.31. The van der Waals surface area contributed by atoms with Crippen LogP contribution in [0.15, 0.2) is 18.2 Å². The molecule has 1 fully saturated rings. The number of benzene rings is 1. The van der Waals surface area contributed by atoms with Crippen LogP contribution in [0.3, 0.4) is 0 Å². The molecule has 1 aromatic rings. The first-order valence-corrected chi connectivity index (χ1v) is 19.4. The van der Waals surface area contributed by atoms with Crippen LogP contribution in [0.1, 0.15) is 99.5 Å². The van der Waals surface area contributed by atoms with E-state index in [-0.39, 0.29) is 80.2 Å². The molecule has 1 heterocycles. The Bertz CT molecular complexity index is 1520. The average molecular weight is 825 g/mol. The Morgan fingerprint density at radius 3 is 2.17 bits per heavy atom. The van der Waals surface area contributed by atoms with Gasteiger partial charge in [-0.1, -0.05) is 54.5 Å². The maximum absolute atomic E-state index is 13.0. The third-order valence-electron chi connectivity index (χ3n) is 8.06. The number of Topliss-reactive ketones (excluding diaryl/α,β-unsaturated/α-hetero) is 1. The van der Waals surface area contributed by atoms with E-state index in [0.29, 0.717) is 12.1 Å². The summed E-state index contributed by atoms with van der Waals surface area (Å²) in [6.07, 6.45) is -2.49. The fourth-order valence-electron chi connectivity index (χ4n) is 4.87. The molecule has 0 aliphatic carbocycles. The topological polar surface area (TPSA) is 282 Å². The zero-order valence-corrected chi connectivity index (χ0v) is 35.2. The number of hydrogen-bond donors (Lipinski definition) is 7. The maximum Gasteiger partial charge on any atom is 0.333 e. The number of urea groups is 1.